The van der Waals surface area contributed by atoms with Crippen LogP contribution in [-0.2, 0) is 10.0 Å². The minimum absolute atomic E-state index is 0.0704. The minimum Gasteiger partial charge on any atom is -0.369 e. The summed E-state index contributed by atoms with van der Waals surface area (Å²) in [6, 6.07) is 12.6. The van der Waals surface area contributed by atoms with Gasteiger partial charge < -0.3 is 4.90 Å². The number of sulfonamides is 1. The molecule has 1 aliphatic heterocycles. The second-order valence-electron chi connectivity index (χ2n) is 5.75. The molecule has 1 heterocycles. The van der Waals surface area contributed by atoms with Crippen LogP contribution in [0.2, 0.25) is 10.0 Å². The number of aryl methyl sites for hydroxylation is 1. The van der Waals surface area contributed by atoms with E-state index < -0.39 is 10.0 Å². The van der Waals surface area contributed by atoms with E-state index >= 15 is 0 Å². The van der Waals surface area contributed by atoms with Crippen LogP contribution in [0.5, 0.6) is 0 Å². The van der Waals surface area contributed by atoms with Crippen LogP contribution >= 0.6 is 23.2 Å². The number of hydrogen-bond acceptors (Lipinski definition) is 3. The lowest BCUT2D eigenvalue weighted by Gasteiger charge is -2.36. The molecule has 0 N–H and O–H groups in total. The summed E-state index contributed by atoms with van der Waals surface area (Å²) < 4.78 is 27.1. The largest absolute Gasteiger partial charge is 0.369 e. The van der Waals surface area contributed by atoms with Crippen LogP contribution in [-0.4, -0.2) is 38.9 Å². The van der Waals surface area contributed by atoms with Crippen molar-refractivity contribution in [3.05, 3.63) is 58.1 Å². The van der Waals surface area contributed by atoms with Gasteiger partial charge in [0.25, 0.3) is 0 Å². The Balaban J connectivity index is 1.79. The van der Waals surface area contributed by atoms with Crippen molar-refractivity contribution in [2.45, 2.75) is 11.8 Å². The average Bonchev–Trinajstić information content (AvgIpc) is 2.57. The Morgan fingerprint density at radius 1 is 0.958 bits per heavy atom. The predicted octanol–water partition coefficient (Wildman–Crippen LogP) is 3.81. The van der Waals surface area contributed by atoms with Gasteiger partial charge in [-0.15, -0.1) is 0 Å². The van der Waals surface area contributed by atoms with Crippen molar-refractivity contribution < 1.29 is 8.42 Å². The van der Waals surface area contributed by atoms with Gasteiger partial charge in [-0.2, -0.15) is 4.31 Å². The third-order valence-electron chi connectivity index (χ3n) is 4.21. The van der Waals surface area contributed by atoms with Gasteiger partial charge in [-0.25, -0.2) is 8.42 Å². The molecule has 0 amide bonds. The fourth-order valence-corrected chi connectivity index (χ4v) is 5.06. The van der Waals surface area contributed by atoms with Gasteiger partial charge >= 0.3 is 0 Å². The van der Waals surface area contributed by atoms with Crippen LogP contribution in [0, 0.1) is 6.92 Å². The van der Waals surface area contributed by atoms with E-state index in [-0.39, 0.29) is 9.92 Å². The van der Waals surface area contributed by atoms with Gasteiger partial charge in [0.2, 0.25) is 10.0 Å². The van der Waals surface area contributed by atoms with Crippen molar-refractivity contribution in [3.63, 3.8) is 0 Å². The first kappa shape index (κ1) is 17.5. The Labute approximate surface area is 152 Å². The fraction of sp³-hybridized carbons (Fsp3) is 0.294. The van der Waals surface area contributed by atoms with E-state index in [1.54, 1.807) is 6.07 Å². The number of nitrogens with zero attached hydrogens (tertiary/aromatic N) is 2. The average molecular weight is 385 g/mol. The molecule has 24 heavy (non-hydrogen) atoms. The van der Waals surface area contributed by atoms with E-state index in [4.69, 9.17) is 23.2 Å². The first-order chi connectivity index (χ1) is 11.4. The van der Waals surface area contributed by atoms with Crippen molar-refractivity contribution >= 4 is 38.9 Å². The van der Waals surface area contributed by atoms with Gasteiger partial charge in [0.15, 0.2) is 0 Å². The molecule has 0 radical (unpaired) electrons. The Morgan fingerprint density at radius 2 is 1.62 bits per heavy atom. The van der Waals surface area contributed by atoms with Crippen LogP contribution in [0.3, 0.4) is 0 Å². The molecular weight excluding hydrogens is 367 g/mol. The lowest BCUT2D eigenvalue weighted by Crippen LogP contribution is -2.48. The molecule has 0 spiro atoms. The molecule has 0 saturated carbocycles. The van der Waals surface area contributed by atoms with Gasteiger partial charge in [-0.05, 0) is 36.8 Å². The Hall–Kier alpha value is -1.27. The summed E-state index contributed by atoms with van der Waals surface area (Å²) in [5.74, 6) is 0. The molecule has 0 unspecified atom stereocenters. The Morgan fingerprint density at radius 3 is 2.29 bits per heavy atom. The van der Waals surface area contributed by atoms with Crippen molar-refractivity contribution in [1.29, 1.82) is 0 Å². The SMILES string of the molecule is Cc1ccccc1N1CCN(S(=O)(=O)c2cc(Cl)ccc2Cl)CC1. The van der Waals surface area contributed by atoms with Crippen molar-refractivity contribution in [1.82, 2.24) is 4.31 Å². The van der Waals surface area contributed by atoms with Crippen molar-refractivity contribution in [3.8, 4) is 0 Å². The molecule has 0 atom stereocenters. The van der Waals surface area contributed by atoms with Gasteiger partial charge in [0.05, 0.1) is 5.02 Å². The number of rotatable bonds is 3. The van der Waals surface area contributed by atoms with Crippen LogP contribution in [0.4, 0.5) is 5.69 Å². The summed E-state index contributed by atoms with van der Waals surface area (Å²) in [7, 11) is -3.64. The standard InChI is InChI=1S/C17H18Cl2N2O2S/c1-13-4-2-3-5-16(13)20-8-10-21(11-9-20)24(22,23)17-12-14(18)6-7-15(17)19/h2-7,12H,8-11H2,1H3. The summed E-state index contributed by atoms with van der Waals surface area (Å²) in [5, 5.41) is 0.553. The number of para-hydroxylation sites is 1. The lowest BCUT2D eigenvalue weighted by molar-refractivity contribution is 0.385. The molecule has 0 aromatic heterocycles. The van der Waals surface area contributed by atoms with E-state index in [9.17, 15) is 8.42 Å². The van der Waals surface area contributed by atoms with Crippen LogP contribution < -0.4 is 4.90 Å². The maximum absolute atomic E-state index is 12.8. The summed E-state index contributed by atoms with van der Waals surface area (Å²) in [6.45, 7) is 4.17. The smallest absolute Gasteiger partial charge is 0.244 e. The maximum Gasteiger partial charge on any atom is 0.244 e. The first-order valence-corrected chi connectivity index (χ1v) is 9.85. The zero-order valence-electron chi connectivity index (χ0n) is 13.2. The van der Waals surface area contributed by atoms with Crippen LogP contribution in [0.15, 0.2) is 47.4 Å². The first-order valence-electron chi connectivity index (χ1n) is 7.65. The topological polar surface area (TPSA) is 40.6 Å². The summed E-state index contributed by atoms with van der Waals surface area (Å²) in [4.78, 5) is 2.28. The van der Waals surface area contributed by atoms with Crippen LogP contribution in [0.1, 0.15) is 5.56 Å². The van der Waals surface area contributed by atoms with Gasteiger partial charge in [-0.1, -0.05) is 41.4 Å². The number of halogens is 2. The van der Waals surface area contributed by atoms with E-state index in [1.165, 1.54) is 22.0 Å². The lowest BCUT2D eigenvalue weighted by atomic mass is 10.1. The van der Waals surface area contributed by atoms with Crippen molar-refractivity contribution in [2.24, 2.45) is 0 Å². The molecule has 3 rings (SSSR count). The number of anilines is 1. The fourth-order valence-electron chi connectivity index (χ4n) is 2.90. The minimum atomic E-state index is -3.64. The highest BCUT2D eigenvalue weighted by Gasteiger charge is 2.30. The van der Waals surface area contributed by atoms with E-state index in [1.807, 2.05) is 12.1 Å². The number of benzene rings is 2. The molecule has 7 heteroatoms. The van der Waals surface area contributed by atoms with Gasteiger partial charge in [0, 0.05) is 36.9 Å². The van der Waals surface area contributed by atoms with E-state index in [0.717, 1.165) is 5.69 Å². The summed E-state index contributed by atoms with van der Waals surface area (Å²) in [5.41, 5.74) is 2.34. The molecule has 1 fully saturated rings. The molecule has 0 bridgehead atoms. The molecule has 1 saturated heterocycles. The number of hydrogen-bond donors (Lipinski definition) is 0. The zero-order chi connectivity index (χ0) is 17.3. The van der Waals surface area contributed by atoms with Crippen LogP contribution in [0.25, 0.3) is 0 Å². The highest BCUT2D eigenvalue weighted by Crippen LogP contribution is 2.29. The highest BCUT2D eigenvalue weighted by molar-refractivity contribution is 7.89. The third kappa shape index (κ3) is 3.40. The monoisotopic (exact) mass is 384 g/mol. The molecule has 2 aromatic rings. The van der Waals surface area contributed by atoms with E-state index in [2.05, 4.69) is 24.0 Å². The summed E-state index contributed by atoms with van der Waals surface area (Å²) in [6.07, 6.45) is 0. The zero-order valence-corrected chi connectivity index (χ0v) is 15.6. The molecule has 1 aliphatic rings. The normalized spacial score (nSPS) is 16.4. The maximum atomic E-state index is 12.8. The van der Waals surface area contributed by atoms with E-state index in [0.29, 0.717) is 31.2 Å². The number of piperazine rings is 1. The predicted molar refractivity (Wildman–Crippen MR) is 98.6 cm³/mol. The second kappa shape index (κ2) is 6.92. The van der Waals surface area contributed by atoms with Crippen molar-refractivity contribution in [2.75, 3.05) is 31.1 Å². The third-order valence-corrected chi connectivity index (χ3v) is 6.82. The Kier molecular flexibility index (Phi) is 5.06. The molecule has 4 nitrogen and oxygen atoms in total. The quantitative estimate of drug-likeness (QED) is 0.807. The van der Waals surface area contributed by atoms with Gasteiger partial charge in [0.1, 0.15) is 4.90 Å². The summed E-state index contributed by atoms with van der Waals surface area (Å²) >= 11 is 12.0. The Bertz CT molecular complexity index is 847. The molecular formula is C17H18Cl2N2O2S. The molecule has 0 aliphatic carbocycles. The second-order valence-corrected chi connectivity index (χ2v) is 8.50. The van der Waals surface area contributed by atoms with Gasteiger partial charge in [-0.3, -0.25) is 0 Å². The molecule has 128 valence electrons. The highest BCUT2D eigenvalue weighted by atomic mass is 35.5. The molecule has 2 aromatic carbocycles.